The van der Waals surface area contributed by atoms with Crippen molar-refractivity contribution in [2.75, 3.05) is 24.5 Å². The van der Waals surface area contributed by atoms with E-state index in [1.54, 1.807) is 30.1 Å². The van der Waals surface area contributed by atoms with Gasteiger partial charge >= 0.3 is 0 Å². The second-order valence-electron chi connectivity index (χ2n) is 7.87. The molecule has 0 aliphatic rings. The molecule has 2 aromatic carbocycles. The molecule has 12 heteroatoms. The van der Waals surface area contributed by atoms with Gasteiger partial charge in [0.1, 0.15) is 41.1 Å². The van der Waals surface area contributed by atoms with E-state index in [0.717, 1.165) is 6.26 Å². The molecular weight excluding hydrogens is 499 g/mol. The number of hydrogen-bond donors (Lipinski definition) is 2. The highest BCUT2D eigenvalue weighted by Gasteiger charge is 2.24. The van der Waals surface area contributed by atoms with Crippen LogP contribution in [-0.2, 0) is 23.5 Å². The van der Waals surface area contributed by atoms with Crippen LogP contribution in [0.2, 0.25) is 5.02 Å². The van der Waals surface area contributed by atoms with Crippen LogP contribution in [0.5, 0.6) is 5.75 Å². The predicted molar refractivity (Wildman–Crippen MR) is 131 cm³/mol. The summed E-state index contributed by atoms with van der Waals surface area (Å²) in [6.45, 7) is -0.00326. The lowest BCUT2D eigenvalue weighted by Gasteiger charge is -2.13. The van der Waals surface area contributed by atoms with Gasteiger partial charge in [-0.05, 0) is 30.3 Å². The number of aryl methyl sites for hydroxylation is 1. The summed E-state index contributed by atoms with van der Waals surface area (Å²) >= 11 is 6.18. The Hall–Kier alpha value is -3.57. The molecule has 1 amide bonds. The second-order valence-corrected chi connectivity index (χ2v) is 10.4. The van der Waals surface area contributed by atoms with Crippen LogP contribution < -0.4 is 15.4 Å². The zero-order valence-corrected chi connectivity index (χ0v) is 20.6. The van der Waals surface area contributed by atoms with Crippen LogP contribution >= 0.6 is 11.6 Å². The van der Waals surface area contributed by atoms with Gasteiger partial charge in [0.15, 0.2) is 9.84 Å². The van der Waals surface area contributed by atoms with Crippen molar-refractivity contribution >= 4 is 44.0 Å². The molecule has 2 N–H and O–H groups in total. The summed E-state index contributed by atoms with van der Waals surface area (Å²) in [5.74, 6) is -0.702. The number of amides is 1. The summed E-state index contributed by atoms with van der Waals surface area (Å²) in [4.78, 5) is 12.8. The lowest BCUT2D eigenvalue weighted by molar-refractivity contribution is 0.0964. The van der Waals surface area contributed by atoms with Crippen molar-refractivity contribution in [2.45, 2.75) is 6.61 Å². The highest BCUT2D eigenvalue weighted by atomic mass is 35.5. The number of halogens is 2. The van der Waals surface area contributed by atoms with E-state index in [1.165, 1.54) is 31.3 Å². The highest BCUT2D eigenvalue weighted by molar-refractivity contribution is 7.90. The summed E-state index contributed by atoms with van der Waals surface area (Å²) < 4.78 is 50.5. The first-order chi connectivity index (χ1) is 16.6. The Kier molecular flexibility index (Phi) is 6.73. The Morgan fingerprint density at radius 2 is 1.97 bits per heavy atom. The number of aromatic nitrogens is 2. The lowest BCUT2D eigenvalue weighted by Crippen LogP contribution is -2.18. The first-order valence-electron chi connectivity index (χ1n) is 10.4. The van der Waals surface area contributed by atoms with Crippen molar-refractivity contribution in [2.24, 2.45) is 7.05 Å². The van der Waals surface area contributed by atoms with Gasteiger partial charge < -0.3 is 19.8 Å². The van der Waals surface area contributed by atoms with Gasteiger partial charge in [-0.3, -0.25) is 9.48 Å². The monoisotopic (exact) mass is 520 g/mol. The Morgan fingerprint density at radius 1 is 1.26 bits per heavy atom. The van der Waals surface area contributed by atoms with Gasteiger partial charge in [0.25, 0.3) is 5.91 Å². The third kappa shape index (κ3) is 5.41. The van der Waals surface area contributed by atoms with Crippen LogP contribution in [0.25, 0.3) is 22.3 Å². The summed E-state index contributed by atoms with van der Waals surface area (Å²) in [6, 6.07) is 8.67. The van der Waals surface area contributed by atoms with Crippen LogP contribution in [-0.4, -0.2) is 43.3 Å². The van der Waals surface area contributed by atoms with Crippen LogP contribution in [0.3, 0.4) is 0 Å². The van der Waals surface area contributed by atoms with Crippen molar-refractivity contribution in [1.29, 1.82) is 0 Å². The molecule has 2 aromatic heterocycles. The Balaban J connectivity index is 1.85. The Labute approximate surface area is 205 Å². The number of hydrogen-bond acceptors (Lipinski definition) is 7. The maximum Gasteiger partial charge on any atom is 0.255 e. The van der Waals surface area contributed by atoms with Crippen molar-refractivity contribution in [1.82, 2.24) is 15.1 Å². The molecule has 0 radical (unpaired) electrons. The first kappa shape index (κ1) is 24.6. The third-order valence-electron chi connectivity index (χ3n) is 5.09. The summed E-state index contributed by atoms with van der Waals surface area (Å²) in [5, 5.41) is 10.5. The molecule has 0 atom stereocenters. The minimum absolute atomic E-state index is 0.00326. The molecule has 0 spiro atoms. The molecule has 0 bridgehead atoms. The van der Waals surface area contributed by atoms with Gasteiger partial charge in [-0.2, -0.15) is 5.10 Å². The lowest BCUT2D eigenvalue weighted by atomic mass is 10.0. The number of ether oxygens (including phenoxy) is 1. The largest absolute Gasteiger partial charge is 0.485 e. The van der Waals surface area contributed by atoms with E-state index in [-0.39, 0.29) is 29.6 Å². The van der Waals surface area contributed by atoms with Crippen LogP contribution in [0.1, 0.15) is 16.1 Å². The van der Waals surface area contributed by atoms with E-state index in [2.05, 4.69) is 15.7 Å². The topological polar surface area (TPSA) is 115 Å². The van der Waals surface area contributed by atoms with Crippen molar-refractivity contribution in [3.8, 4) is 17.1 Å². The fourth-order valence-corrected chi connectivity index (χ4v) is 4.15. The fourth-order valence-electron chi connectivity index (χ4n) is 3.49. The molecule has 0 saturated carbocycles. The molecule has 4 rings (SSSR count). The second kappa shape index (κ2) is 9.59. The van der Waals surface area contributed by atoms with Gasteiger partial charge in [0.2, 0.25) is 0 Å². The molecule has 2 heterocycles. The number of fused-ring (bicyclic) bond motifs is 1. The van der Waals surface area contributed by atoms with E-state index in [4.69, 9.17) is 20.8 Å². The molecule has 0 fully saturated rings. The quantitative estimate of drug-likeness (QED) is 0.361. The fraction of sp³-hybridized carbons (Fsp3) is 0.217. The first-order valence-corrected chi connectivity index (χ1v) is 12.8. The van der Waals surface area contributed by atoms with Gasteiger partial charge in [-0.15, -0.1) is 0 Å². The number of furan rings is 1. The number of benzene rings is 2. The Morgan fingerprint density at radius 3 is 2.57 bits per heavy atom. The number of carbonyl (C=O) groups excluding carboxylic acids is 1. The highest BCUT2D eigenvalue weighted by Crippen LogP contribution is 2.39. The maximum absolute atomic E-state index is 13.5. The normalized spacial score (nSPS) is 11.6. The molecule has 35 heavy (non-hydrogen) atoms. The molecule has 184 valence electrons. The summed E-state index contributed by atoms with van der Waals surface area (Å²) in [6.07, 6.45) is 2.72. The zero-order valence-electron chi connectivity index (χ0n) is 19.1. The third-order valence-corrected chi connectivity index (χ3v) is 6.08. The van der Waals surface area contributed by atoms with Gasteiger partial charge in [-0.25, -0.2) is 12.8 Å². The van der Waals surface area contributed by atoms with Crippen LogP contribution in [0.4, 0.5) is 10.1 Å². The van der Waals surface area contributed by atoms with E-state index in [0.29, 0.717) is 32.9 Å². The zero-order chi connectivity index (χ0) is 25.3. The van der Waals surface area contributed by atoms with Gasteiger partial charge in [0, 0.05) is 43.6 Å². The van der Waals surface area contributed by atoms with E-state index < -0.39 is 21.6 Å². The number of nitrogens with zero attached hydrogens (tertiary/aromatic N) is 2. The average molecular weight is 521 g/mol. The molecule has 9 nitrogen and oxygen atoms in total. The van der Waals surface area contributed by atoms with E-state index >= 15 is 0 Å². The van der Waals surface area contributed by atoms with Crippen molar-refractivity contribution in [3.05, 3.63) is 64.7 Å². The van der Waals surface area contributed by atoms with Crippen LogP contribution in [0, 0.1) is 5.82 Å². The average Bonchev–Trinajstić information content (AvgIpc) is 3.33. The molecule has 0 unspecified atom stereocenters. The number of carbonyl (C=O) groups is 1. The number of anilines is 1. The Bertz CT molecular complexity index is 1510. The van der Waals surface area contributed by atoms with E-state index in [1.807, 2.05) is 0 Å². The minimum Gasteiger partial charge on any atom is -0.485 e. The molecule has 0 saturated heterocycles. The number of sulfone groups is 1. The SMILES string of the molecule is CNC(=O)c1c(-c2ccc(F)cc2)oc2cc(NCS(C)(=O)=O)c(OCc3nn(C)cc3Cl)cc12. The van der Waals surface area contributed by atoms with Gasteiger partial charge in [-0.1, -0.05) is 11.6 Å². The van der Waals surface area contributed by atoms with Crippen molar-refractivity contribution in [3.63, 3.8) is 0 Å². The summed E-state index contributed by atoms with van der Waals surface area (Å²) in [5.41, 5.74) is 1.84. The molecule has 4 aromatic rings. The number of rotatable bonds is 8. The summed E-state index contributed by atoms with van der Waals surface area (Å²) in [7, 11) is -0.159. The minimum atomic E-state index is -3.36. The maximum atomic E-state index is 13.5. The van der Waals surface area contributed by atoms with Crippen LogP contribution in [0.15, 0.2) is 47.0 Å². The molecule has 0 aliphatic carbocycles. The molecule has 0 aliphatic heterocycles. The standard InChI is InChI=1S/C23H22ClFN4O5S/c1-26-23(30)21-15-8-20(33-11-18-16(24)10-29(2)28-18)17(27-12-35(3,31)32)9-19(15)34-22(21)13-4-6-14(25)7-5-13/h4-10,27H,11-12H2,1-3H3,(H,26,30). The van der Waals surface area contributed by atoms with Gasteiger partial charge in [0.05, 0.1) is 16.3 Å². The predicted octanol–water partition coefficient (Wildman–Crippen LogP) is 3.98. The number of nitrogens with one attached hydrogen (secondary N) is 2. The van der Waals surface area contributed by atoms with Crippen molar-refractivity contribution < 1.29 is 26.8 Å². The smallest absolute Gasteiger partial charge is 0.255 e. The molecular formula is C23H22ClFN4O5S. The van der Waals surface area contributed by atoms with E-state index in [9.17, 15) is 17.6 Å².